The smallest absolute Gasteiger partial charge is 0.260 e. The molecule has 0 radical (unpaired) electrons. The van der Waals surface area contributed by atoms with Gasteiger partial charge in [0.1, 0.15) is 10.0 Å². The maximum absolute atomic E-state index is 12.0. The van der Waals surface area contributed by atoms with Gasteiger partial charge >= 0.3 is 0 Å². The van der Waals surface area contributed by atoms with Crippen LogP contribution in [0.1, 0.15) is 27.2 Å². The lowest BCUT2D eigenvalue weighted by atomic mass is 9.92. The second kappa shape index (κ2) is 6.26. The molecule has 0 aliphatic carbocycles. The standard InChI is InChI=1S/C11H15Cl2N3O3S/c1-11(2,3)5-9(17)15-16-20(18,19)8-4-7(12)6-14-10(8)13/h4,6,16H,5H2,1-3H3,(H,15,17). The largest absolute Gasteiger partial charge is 0.278 e. The van der Waals surface area contributed by atoms with E-state index >= 15 is 0 Å². The molecule has 20 heavy (non-hydrogen) atoms. The van der Waals surface area contributed by atoms with Crippen LogP contribution in [0, 0.1) is 5.41 Å². The number of pyridine rings is 1. The summed E-state index contributed by atoms with van der Waals surface area (Å²) in [6, 6.07) is 1.15. The van der Waals surface area contributed by atoms with Crippen LogP contribution in [0.4, 0.5) is 0 Å². The molecule has 6 nitrogen and oxygen atoms in total. The molecule has 1 rings (SSSR count). The Morgan fingerprint density at radius 1 is 1.35 bits per heavy atom. The van der Waals surface area contributed by atoms with Gasteiger partial charge in [0, 0.05) is 12.6 Å². The van der Waals surface area contributed by atoms with Gasteiger partial charge in [0.05, 0.1) is 5.02 Å². The number of hydrazine groups is 1. The van der Waals surface area contributed by atoms with Crippen LogP contribution in [0.25, 0.3) is 0 Å². The zero-order valence-corrected chi connectivity index (χ0v) is 13.5. The number of sulfonamides is 1. The number of carbonyl (C=O) groups is 1. The molecule has 0 aromatic carbocycles. The van der Waals surface area contributed by atoms with Crippen LogP contribution in [0.3, 0.4) is 0 Å². The van der Waals surface area contributed by atoms with Crippen molar-refractivity contribution in [1.29, 1.82) is 0 Å². The third kappa shape index (κ3) is 5.24. The number of carbonyl (C=O) groups excluding carboxylic acids is 1. The molecule has 0 fully saturated rings. The van der Waals surface area contributed by atoms with Gasteiger partial charge in [-0.05, 0) is 11.5 Å². The molecule has 0 spiro atoms. The number of nitrogens with zero attached hydrogens (tertiary/aromatic N) is 1. The molecule has 0 bridgehead atoms. The maximum Gasteiger partial charge on any atom is 0.260 e. The van der Waals surface area contributed by atoms with Crippen LogP contribution in [0.15, 0.2) is 17.2 Å². The van der Waals surface area contributed by atoms with E-state index < -0.39 is 15.9 Å². The highest BCUT2D eigenvalue weighted by Gasteiger charge is 2.22. The first-order valence-corrected chi connectivity index (χ1v) is 7.87. The summed E-state index contributed by atoms with van der Waals surface area (Å²) in [5, 5.41) is -0.109. The molecule has 0 atom stereocenters. The number of hydrogen-bond donors (Lipinski definition) is 2. The normalized spacial score (nSPS) is 12.2. The van der Waals surface area contributed by atoms with E-state index in [2.05, 4.69) is 10.4 Å². The van der Waals surface area contributed by atoms with Crippen LogP contribution in [-0.2, 0) is 14.8 Å². The first kappa shape index (κ1) is 17.2. The predicted molar refractivity (Wildman–Crippen MR) is 76.8 cm³/mol. The summed E-state index contributed by atoms with van der Waals surface area (Å²) in [4.78, 5) is 16.9. The van der Waals surface area contributed by atoms with E-state index in [0.717, 1.165) is 6.07 Å². The van der Waals surface area contributed by atoms with E-state index in [-0.39, 0.29) is 26.9 Å². The Kier molecular flexibility index (Phi) is 5.37. The fraction of sp³-hybridized carbons (Fsp3) is 0.455. The van der Waals surface area contributed by atoms with E-state index in [9.17, 15) is 13.2 Å². The summed E-state index contributed by atoms with van der Waals surface area (Å²) in [5.74, 6) is -0.452. The van der Waals surface area contributed by atoms with Crippen molar-refractivity contribution in [2.75, 3.05) is 0 Å². The van der Waals surface area contributed by atoms with Crippen molar-refractivity contribution in [3.63, 3.8) is 0 Å². The molecule has 0 saturated carbocycles. The minimum atomic E-state index is -4.02. The Morgan fingerprint density at radius 3 is 2.50 bits per heavy atom. The van der Waals surface area contributed by atoms with E-state index in [1.807, 2.05) is 25.6 Å². The fourth-order valence-electron chi connectivity index (χ4n) is 1.30. The minimum absolute atomic E-state index is 0.121. The summed E-state index contributed by atoms with van der Waals surface area (Å²) >= 11 is 11.4. The molecule has 1 aromatic heterocycles. The summed E-state index contributed by atoms with van der Waals surface area (Å²) in [6.45, 7) is 5.58. The van der Waals surface area contributed by atoms with Crippen LogP contribution < -0.4 is 10.3 Å². The molecule has 2 N–H and O–H groups in total. The van der Waals surface area contributed by atoms with Crippen molar-refractivity contribution in [2.24, 2.45) is 5.41 Å². The maximum atomic E-state index is 12.0. The molecule has 1 amide bonds. The third-order valence-electron chi connectivity index (χ3n) is 2.08. The summed E-state index contributed by atoms with van der Waals surface area (Å²) in [6.07, 6.45) is 1.39. The Hall–Kier alpha value is -0.890. The van der Waals surface area contributed by atoms with Gasteiger partial charge in [-0.3, -0.25) is 10.2 Å². The van der Waals surface area contributed by atoms with E-state index in [1.165, 1.54) is 6.20 Å². The van der Waals surface area contributed by atoms with Crippen LogP contribution in [0.2, 0.25) is 10.2 Å². The van der Waals surface area contributed by atoms with Crippen molar-refractivity contribution in [2.45, 2.75) is 32.1 Å². The highest BCUT2D eigenvalue weighted by Crippen LogP contribution is 2.22. The van der Waals surface area contributed by atoms with Crippen molar-refractivity contribution in [3.8, 4) is 0 Å². The molecule has 1 aromatic rings. The Balaban J connectivity index is 2.81. The van der Waals surface area contributed by atoms with E-state index in [0.29, 0.717) is 0 Å². The lowest BCUT2D eigenvalue weighted by Gasteiger charge is -2.17. The predicted octanol–water partition coefficient (Wildman–Crippen LogP) is 2.13. The molecule has 1 heterocycles. The van der Waals surface area contributed by atoms with Gasteiger partial charge in [0.15, 0.2) is 0 Å². The number of aromatic nitrogens is 1. The van der Waals surface area contributed by atoms with Gasteiger partial charge in [0.25, 0.3) is 10.0 Å². The molecule has 0 saturated heterocycles. The molecule has 9 heteroatoms. The van der Waals surface area contributed by atoms with E-state index in [1.54, 1.807) is 0 Å². The van der Waals surface area contributed by atoms with Crippen LogP contribution >= 0.6 is 23.2 Å². The van der Waals surface area contributed by atoms with Gasteiger partial charge in [-0.2, -0.15) is 0 Å². The number of hydrogen-bond acceptors (Lipinski definition) is 4. The molecule has 0 aliphatic rings. The zero-order chi connectivity index (χ0) is 15.6. The second-order valence-electron chi connectivity index (χ2n) is 5.33. The first-order chi connectivity index (χ1) is 9.01. The van der Waals surface area contributed by atoms with Crippen molar-refractivity contribution >= 4 is 39.1 Å². The average molecular weight is 340 g/mol. The topological polar surface area (TPSA) is 88.2 Å². The Labute approximate surface area is 127 Å². The summed E-state index contributed by atoms with van der Waals surface area (Å²) in [5.41, 5.74) is 1.86. The Bertz CT molecular complexity index is 612. The third-order valence-corrected chi connectivity index (χ3v) is 3.96. The molecular weight excluding hydrogens is 325 g/mol. The number of halogens is 2. The molecule has 0 unspecified atom stereocenters. The average Bonchev–Trinajstić information content (AvgIpc) is 2.27. The van der Waals surface area contributed by atoms with Crippen LogP contribution in [-0.4, -0.2) is 19.3 Å². The van der Waals surface area contributed by atoms with E-state index in [4.69, 9.17) is 23.2 Å². The first-order valence-electron chi connectivity index (χ1n) is 5.63. The SMILES string of the molecule is CC(C)(C)CC(=O)NNS(=O)(=O)c1cc(Cl)cnc1Cl. The van der Waals surface area contributed by atoms with Gasteiger partial charge in [-0.15, -0.1) is 4.83 Å². The highest BCUT2D eigenvalue weighted by atomic mass is 35.5. The Morgan fingerprint density at radius 2 is 1.95 bits per heavy atom. The molecule has 112 valence electrons. The van der Waals surface area contributed by atoms with Crippen molar-refractivity contribution < 1.29 is 13.2 Å². The quantitative estimate of drug-likeness (QED) is 0.649. The lowest BCUT2D eigenvalue weighted by molar-refractivity contribution is -0.123. The monoisotopic (exact) mass is 339 g/mol. The van der Waals surface area contributed by atoms with Gasteiger partial charge in [-0.25, -0.2) is 13.4 Å². The fourth-order valence-corrected chi connectivity index (χ4v) is 2.84. The van der Waals surface area contributed by atoms with Gasteiger partial charge in [0.2, 0.25) is 5.91 Å². The van der Waals surface area contributed by atoms with Crippen molar-refractivity contribution in [1.82, 2.24) is 15.2 Å². The number of rotatable bonds is 4. The minimum Gasteiger partial charge on any atom is -0.278 e. The molecular formula is C11H15Cl2N3O3S. The molecule has 0 aliphatic heterocycles. The second-order valence-corrected chi connectivity index (χ2v) is 7.78. The summed E-state index contributed by atoms with van der Waals surface area (Å²) < 4.78 is 23.9. The zero-order valence-electron chi connectivity index (χ0n) is 11.2. The van der Waals surface area contributed by atoms with Gasteiger partial charge < -0.3 is 0 Å². The highest BCUT2D eigenvalue weighted by molar-refractivity contribution is 7.89. The van der Waals surface area contributed by atoms with Crippen molar-refractivity contribution in [3.05, 3.63) is 22.4 Å². The van der Waals surface area contributed by atoms with Gasteiger partial charge in [-0.1, -0.05) is 44.0 Å². The number of amides is 1. The number of nitrogens with one attached hydrogen (secondary N) is 2. The summed E-state index contributed by atoms with van der Waals surface area (Å²) in [7, 11) is -4.02. The van der Waals surface area contributed by atoms with Crippen LogP contribution in [0.5, 0.6) is 0 Å². The lowest BCUT2D eigenvalue weighted by Crippen LogP contribution is -2.42.